The highest BCUT2D eigenvalue weighted by Gasteiger charge is 2.60. The zero-order chi connectivity index (χ0) is 15.0. The lowest BCUT2D eigenvalue weighted by Gasteiger charge is -2.27. The van der Waals surface area contributed by atoms with E-state index in [1.807, 2.05) is 0 Å². The lowest BCUT2D eigenvalue weighted by atomic mass is 9.93. The molecule has 0 aliphatic rings. The topological polar surface area (TPSA) is 20.2 Å². The third kappa shape index (κ3) is 3.59. The van der Waals surface area contributed by atoms with Gasteiger partial charge in [-0.15, -0.1) is 0 Å². The van der Waals surface area contributed by atoms with E-state index in [0.29, 0.717) is 12.1 Å². The van der Waals surface area contributed by atoms with Crippen molar-refractivity contribution in [1.29, 1.82) is 0 Å². The van der Waals surface area contributed by atoms with E-state index in [0.717, 1.165) is 6.07 Å². The number of hydrogen-bond donors (Lipinski definition) is 1. The molecule has 1 aromatic carbocycles. The maximum atomic E-state index is 12.9. The van der Waals surface area contributed by atoms with Crippen LogP contribution in [0.1, 0.15) is 17.2 Å². The Labute approximate surface area is 103 Å². The van der Waals surface area contributed by atoms with E-state index >= 15 is 0 Å². The second-order valence-electron chi connectivity index (χ2n) is 4.01. The van der Waals surface area contributed by atoms with Crippen molar-refractivity contribution in [3.63, 3.8) is 0 Å². The van der Waals surface area contributed by atoms with Gasteiger partial charge in [0.1, 0.15) is 5.82 Å². The lowest BCUT2D eigenvalue weighted by molar-refractivity contribution is -0.307. The lowest BCUT2D eigenvalue weighted by Crippen LogP contribution is -2.40. The number of aryl methyl sites for hydroxylation is 1. The normalized spacial score (nSPS) is 14.8. The Morgan fingerprint density at radius 3 is 1.84 bits per heavy atom. The van der Waals surface area contributed by atoms with E-state index in [9.17, 15) is 35.8 Å². The Morgan fingerprint density at radius 1 is 1.00 bits per heavy atom. The number of aliphatic hydroxyl groups excluding tert-OH is 1. The average Bonchev–Trinajstić information content (AvgIpc) is 2.17. The summed E-state index contributed by atoms with van der Waals surface area (Å²) in [5.74, 6) is -4.70. The summed E-state index contributed by atoms with van der Waals surface area (Å²) >= 11 is 0. The van der Waals surface area contributed by atoms with Gasteiger partial charge >= 0.3 is 12.4 Å². The summed E-state index contributed by atoms with van der Waals surface area (Å²) in [7, 11) is 0. The Bertz CT molecular complexity index is 435. The summed E-state index contributed by atoms with van der Waals surface area (Å²) in [6.07, 6.45) is -14.1. The minimum atomic E-state index is -5.65. The van der Waals surface area contributed by atoms with Gasteiger partial charge in [0, 0.05) is 0 Å². The van der Waals surface area contributed by atoms with Crippen LogP contribution in [0, 0.1) is 18.7 Å². The van der Waals surface area contributed by atoms with Gasteiger partial charge in [-0.2, -0.15) is 26.3 Å². The molecule has 0 bridgehead atoms. The summed E-state index contributed by atoms with van der Waals surface area (Å²) in [6.45, 7) is 1.17. The van der Waals surface area contributed by atoms with Crippen molar-refractivity contribution in [3.8, 4) is 0 Å². The molecule has 0 amide bonds. The molecule has 108 valence electrons. The predicted octanol–water partition coefficient (Wildman–Crippen LogP) is 3.91. The van der Waals surface area contributed by atoms with E-state index in [-0.39, 0.29) is 5.56 Å². The molecule has 0 saturated carbocycles. The van der Waals surface area contributed by atoms with Crippen molar-refractivity contribution < 1.29 is 35.8 Å². The average molecular weight is 290 g/mol. The molecule has 1 aromatic rings. The molecule has 19 heavy (non-hydrogen) atoms. The first-order chi connectivity index (χ1) is 8.44. The fourth-order valence-corrected chi connectivity index (χ4v) is 1.59. The SMILES string of the molecule is Cc1cc(C(O)C(C(F)(F)F)C(F)(F)F)ccc1F. The highest BCUT2D eigenvalue weighted by atomic mass is 19.4. The predicted molar refractivity (Wildman–Crippen MR) is 51.7 cm³/mol. The Balaban J connectivity index is 3.20. The molecule has 0 saturated heterocycles. The molecule has 1 rings (SSSR count). The fourth-order valence-electron chi connectivity index (χ4n) is 1.59. The minimum absolute atomic E-state index is 0.153. The summed E-state index contributed by atoms with van der Waals surface area (Å²) in [4.78, 5) is 0. The molecule has 1 nitrogen and oxygen atoms in total. The molecule has 0 aliphatic carbocycles. The van der Waals surface area contributed by atoms with Crippen molar-refractivity contribution in [3.05, 3.63) is 35.1 Å². The van der Waals surface area contributed by atoms with Gasteiger partial charge in [-0.1, -0.05) is 12.1 Å². The Hall–Kier alpha value is -1.31. The fraction of sp³-hybridized carbons (Fsp3) is 0.455. The van der Waals surface area contributed by atoms with Crippen LogP contribution in [0.15, 0.2) is 18.2 Å². The summed E-state index contributed by atoms with van der Waals surface area (Å²) in [6, 6.07) is 2.15. The van der Waals surface area contributed by atoms with E-state index in [4.69, 9.17) is 0 Å². The zero-order valence-electron chi connectivity index (χ0n) is 9.48. The third-order valence-corrected chi connectivity index (χ3v) is 2.54. The Morgan fingerprint density at radius 2 is 1.47 bits per heavy atom. The van der Waals surface area contributed by atoms with Gasteiger partial charge in [0.2, 0.25) is 0 Å². The van der Waals surface area contributed by atoms with Gasteiger partial charge in [-0.3, -0.25) is 0 Å². The minimum Gasteiger partial charge on any atom is -0.387 e. The molecular weight excluding hydrogens is 281 g/mol. The summed E-state index contributed by atoms with van der Waals surface area (Å²) < 4.78 is 87.2. The smallest absolute Gasteiger partial charge is 0.387 e. The second-order valence-corrected chi connectivity index (χ2v) is 4.01. The first kappa shape index (κ1) is 15.7. The number of rotatable bonds is 2. The molecule has 0 fully saturated rings. The quantitative estimate of drug-likeness (QED) is 0.819. The van der Waals surface area contributed by atoms with Crippen molar-refractivity contribution in [2.45, 2.75) is 25.4 Å². The molecule has 0 spiro atoms. The molecular formula is C11H9F7O. The third-order valence-electron chi connectivity index (χ3n) is 2.54. The molecule has 8 heteroatoms. The van der Waals surface area contributed by atoms with Crippen LogP contribution >= 0.6 is 0 Å². The highest BCUT2D eigenvalue weighted by Crippen LogP contribution is 2.46. The monoisotopic (exact) mass is 290 g/mol. The highest BCUT2D eigenvalue weighted by molar-refractivity contribution is 5.26. The van der Waals surface area contributed by atoms with Crippen molar-refractivity contribution >= 4 is 0 Å². The molecule has 0 aromatic heterocycles. The number of halogens is 7. The largest absolute Gasteiger partial charge is 0.403 e. The zero-order valence-corrected chi connectivity index (χ0v) is 9.48. The standard InChI is InChI=1S/C11H9F7O/c1-5-4-6(2-3-7(5)12)8(19)9(10(13,14)15)11(16,17)18/h2-4,8-9,19H,1H3. The first-order valence-corrected chi connectivity index (χ1v) is 5.02. The molecule has 0 aliphatic heterocycles. The van der Waals surface area contributed by atoms with Crippen LogP contribution in [0.4, 0.5) is 30.7 Å². The number of alkyl halides is 6. The molecule has 0 radical (unpaired) electrons. The molecule has 1 atom stereocenters. The van der Waals surface area contributed by atoms with Crippen LogP contribution < -0.4 is 0 Å². The molecule has 1 N–H and O–H groups in total. The van der Waals surface area contributed by atoms with Gasteiger partial charge in [0.15, 0.2) is 5.92 Å². The van der Waals surface area contributed by atoms with Crippen LogP contribution in [0.2, 0.25) is 0 Å². The number of benzene rings is 1. The van der Waals surface area contributed by atoms with Gasteiger partial charge in [0.05, 0.1) is 6.10 Å². The maximum absolute atomic E-state index is 12.9. The van der Waals surface area contributed by atoms with Crippen molar-refractivity contribution in [2.24, 2.45) is 5.92 Å². The van der Waals surface area contributed by atoms with E-state index in [2.05, 4.69) is 0 Å². The van der Waals surface area contributed by atoms with Gasteiger partial charge in [0.25, 0.3) is 0 Å². The number of hydrogen-bond acceptors (Lipinski definition) is 1. The first-order valence-electron chi connectivity index (χ1n) is 5.02. The van der Waals surface area contributed by atoms with Crippen molar-refractivity contribution in [2.75, 3.05) is 0 Å². The second kappa shape index (κ2) is 4.99. The van der Waals surface area contributed by atoms with Crippen LogP contribution in [0.3, 0.4) is 0 Å². The molecule has 1 unspecified atom stereocenters. The Kier molecular flexibility index (Phi) is 4.14. The van der Waals surface area contributed by atoms with E-state index < -0.39 is 35.8 Å². The maximum Gasteiger partial charge on any atom is 0.403 e. The molecule has 0 heterocycles. The summed E-state index contributed by atoms with van der Waals surface area (Å²) in [5.41, 5.74) is -0.793. The van der Waals surface area contributed by atoms with Crippen LogP contribution in [-0.2, 0) is 0 Å². The van der Waals surface area contributed by atoms with Gasteiger partial charge in [-0.05, 0) is 24.1 Å². The van der Waals surface area contributed by atoms with Crippen molar-refractivity contribution in [1.82, 2.24) is 0 Å². The number of aliphatic hydroxyl groups is 1. The van der Waals surface area contributed by atoms with Gasteiger partial charge in [-0.25, -0.2) is 4.39 Å². The summed E-state index contributed by atoms with van der Waals surface area (Å²) in [5, 5.41) is 9.30. The van der Waals surface area contributed by atoms with Crippen LogP contribution in [0.5, 0.6) is 0 Å². The van der Waals surface area contributed by atoms with Crippen LogP contribution in [0.25, 0.3) is 0 Å². The van der Waals surface area contributed by atoms with Gasteiger partial charge < -0.3 is 5.11 Å². The van der Waals surface area contributed by atoms with E-state index in [1.54, 1.807) is 0 Å². The van der Waals surface area contributed by atoms with Crippen LogP contribution in [-0.4, -0.2) is 17.5 Å². The van der Waals surface area contributed by atoms with E-state index in [1.165, 1.54) is 6.92 Å².